The smallest absolute Gasteiger partial charge is 0.234 e. The number of nitrogens with zero attached hydrogens (tertiary/aromatic N) is 2. The van der Waals surface area contributed by atoms with Gasteiger partial charge in [0.2, 0.25) is 5.91 Å². The Morgan fingerprint density at radius 3 is 2.71 bits per heavy atom. The summed E-state index contributed by atoms with van der Waals surface area (Å²) in [5.74, 6) is -0.190. The van der Waals surface area contributed by atoms with Crippen molar-refractivity contribution in [2.75, 3.05) is 11.1 Å². The van der Waals surface area contributed by atoms with Crippen molar-refractivity contribution in [1.82, 2.24) is 4.98 Å². The summed E-state index contributed by atoms with van der Waals surface area (Å²) in [5.41, 5.74) is 1.87. The number of Topliss-reactive ketones (excluding diaryl/α,β-unsaturated/α-hetero) is 1. The average molecular weight is 434 g/mol. The second kappa shape index (κ2) is 8.12. The fourth-order valence-electron chi connectivity index (χ4n) is 3.05. The number of carbonyl (C=O) groups is 2. The highest BCUT2D eigenvalue weighted by Crippen LogP contribution is 2.36. The van der Waals surface area contributed by atoms with Crippen molar-refractivity contribution in [2.45, 2.75) is 31.7 Å². The van der Waals surface area contributed by atoms with Crippen LogP contribution in [0.5, 0.6) is 0 Å². The summed E-state index contributed by atoms with van der Waals surface area (Å²) in [6, 6.07) is 8.50. The van der Waals surface area contributed by atoms with Gasteiger partial charge in [-0.15, -0.1) is 0 Å². The first-order valence-corrected chi connectivity index (χ1v) is 10.3. The highest BCUT2D eigenvalue weighted by Gasteiger charge is 2.32. The number of rotatable bonds is 4. The lowest BCUT2D eigenvalue weighted by molar-refractivity contribution is -0.113. The van der Waals surface area contributed by atoms with Gasteiger partial charge in [0.25, 0.3) is 0 Å². The van der Waals surface area contributed by atoms with Gasteiger partial charge in [0.1, 0.15) is 11.1 Å². The molecule has 1 heterocycles. The number of nitrogens with one attached hydrogen (secondary N) is 1. The molecule has 0 spiro atoms. The Balaban J connectivity index is 1.75. The number of anilines is 1. The van der Waals surface area contributed by atoms with Gasteiger partial charge >= 0.3 is 0 Å². The third-order valence-corrected chi connectivity index (χ3v) is 6.05. The first kappa shape index (κ1) is 20.7. The fourth-order valence-corrected chi connectivity index (χ4v) is 4.12. The van der Waals surface area contributed by atoms with E-state index >= 15 is 0 Å². The number of amides is 1. The van der Waals surface area contributed by atoms with Crippen LogP contribution in [-0.2, 0) is 11.2 Å². The topological polar surface area (TPSA) is 82.8 Å². The highest BCUT2D eigenvalue weighted by molar-refractivity contribution is 8.00. The van der Waals surface area contributed by atoms with Crippen molar-refractivity contribution < 1.29 is 9.59 Å². The number of nitriles is 1. The van der Waals surface area contributed by atoms with E-state index in [4.69, 9.17) is 23.2 Å². The number of carbonyl (C=O) groups excluding carboxylic acids is 2. The molecule has 1 amide bonds. The van der Waals surface area contributed by atoms with E-state index in [1.807, 2.05) is 13.8 Å². The zero-order valence-electron chi connectivity index (χ0n) is 15.3. The molecule has 1 aliphatic carbocycles. The van der Waals surface area contributed by atoms with Gasteiger partial charge in [0, 0.05) is 17.7 Å². The Morgan fingerprint density at radius 1 is 1.29 bits per heavy atom. The number of benzene rings is 1. The van der Waals surface area contributed by atoms with E-state index in [2.05, 4.69) is 16.4 Å². The largest absolute Gasteiger partial charge is 0.325 e. The third-order valence-electron chi connectivity index (χ3n) is 4.32. The van der Waals surface area contributed by atoms with Crippen molar-refractivity contribution >= 4 is 52.3 Å². The lowest BCUT2D eigenvalue weighted by Gasteiger charge is -2.29. The summed E-state index contributed by atoms with van der Waals surface area (Å²) in [4.78, 5) is 29.1. The maximum absolute atomic E-state index is 12.4. The van der Waals surface area contributed by atoms with E-state index in [0.717, 1.165) is 11.8 Å². The molecule has 0 atom stereocenters. The molecule has 2 aromatic rings. The van der Waals surface area contributed by atoms with E-state index in [-0.39, 0.29) is 22.9 Å². The van der Waals surface area contributed by atoms with Crippen LogP contribution >= 0.6 is 35.0 Å². The number of thioether (sulfide) groups is 1. The van der Waals surface area contributed by atoms with Gasteiger partial charge in [-0.1, -0.05) is 48.8 Å². The van der Waals surface area contributed by atoms with Crippen LogP contribution in [0.2, 0.25) is 10.0 Å². The molecule has 0 saturated heterocycles. The summed E-state index contributed by atoms with van der Waals surface area (Å²) in [6.45, 7) is 4.04. The van der Waals surface area contributed by atoms with E-state index in [0.29, 0.717) is 50.4 Å². The highest BCUT2D eigenvalue weighted by atomic mass is 35.5. The molecule has 3 rings (SSSR count). The molecule has 0 aliphatic heterocycles. The molecule has 1 aromatic heterocycles. The Bertz CT molecular complexity index is 1020. The zero-order valence-corrected chi connectivity index (χ0v) is 17.6. The number of hydrogen-bond acceptors (Lipinski definition) is 5. The fraction of sp³-hybridized carbons (Fsp3) is 0.300. The maximum Gasteiger partial charge on any atom is 0.234 e. The second-order valence-electron chi connectivity index (χ2n) is 7.35. The first-order chi connectivity index (χ1) is 13.2. The predicted molar refractivity (Wildman–Crippen MR) is 111 cm³/mol. The average Bonchev–Trinajstić information content (AvgIpc) is 2.61. The third kappa shape index (κ3) is 4.67. The molecule has 5 nitrogen and oxygen atoms in total. The SMILES string of the molecule is CC1(C)CC(=O)c2cc(C#N)c(SCC(=O)Nc3ccc(Cl)c(Cl)c3)nc2C1. The van der Waals surface area contributed by atoms with Crippen LogP contribution in [0.25, 0.3) is 0 Å². The zero-order chi connectivity index (χ0) is 20.5. The maximum atomic E-state index is 12.4. The van der Waals surface area contributed by atoms with Crippen LogP contribution in [0.4, 0.5) is 5.69 Å². The van der Waals surface area contributed by atoms with Gasteiger partial charge in [-0.25, -0.2) is 4.98 Å². The van der Waals surface area contributed by atoms with E-state index in [9.17, 15) is 14.9 Å². The number of fused-ring (bicyclic) bond motifs is 1. The van der Waals surface area contributed by atoms with Crippen LogP contribution in [-0.4, -0.2) is 22.4 Å². The standard InChI is InChI=1S/C20H17Cl2N3O2S/c1-20(2)7-16-13(17(26)8-20)5-11(9-23)19(25-16)28-10-18(27)24-12-3-4-14(21)15(22)6-12/h3-6H,7-8,10H2,1-2H3,(H,24,27). The minimum atomic E-state index is -0.261. The van der Waals surface area contributed by atoms with Gasteiger partial charge in [-0.3, -0.25) is 9.59 Å². The summed E-state index contributed by atoms with van der Waals surface area (Å²) in [6.07, 6.45) is 1.09. The monoisotopic (exact) mass is 433 g/mol. The quantitative estimate of drug-likeness (QED) is 0.674. The molecular formula is C20H17Cl2N3O2S. The van der Waals surface area contributed by atoms with Gasteiger partial charge in [0.15, 0.2) is 5.78 Å². The van der Waals surface area contributed by atoms with E-state index < -0.39 is 0 Å². The Labute approximate surface area is 177 Å². The summed E-state index contributed by atoms with van der Waals surface area (Å²) in [5, 5.41) is 13.4. The molecule has 0 saturated carbocycles. The molecule has 0 unspecified atom stereocenters. The summed E-state index contributed by atoms with van der Waals surface area (Å²) < 4.78 is 0. The molecule has 0 fully saturated rings. The normalized spacial score (nSPS) is 14.9. The predicted octanol–water partition coefficient (Wildman–Crippen LogP) is 5.15. The van der Waals surface area contributed by atoms with Crippen LogP contribution in [0, 0.1) is 16.7 Å². The van der Waals surface area contributed by atoms with E-state index in [1.165, 1.54) is 0 Å². The van der Waals surface area contributed by atoms with Crippen molar-refractivity contribution in [3.05, 3.63) is 51.1 Å². The molecular weight excluding hydrogens is 417 g/mol. The minimum absolute atomic E-state index is 0.00385. The Kier molecular flexibility index (Phi) is 5.99. The lowest BCUT2D eigenvalue weighted by atomic mass is 9.75. The Hall–Kier alpha value is -2.07. The summed E-state index contributed by atoms with van der Waals surface area (Å²) in [7, 11) is 0. The van der Waals surface area contributed by atoms with Crippen LogP contribution < -0.4 is 5.32 Å². The minimum Gasteiger partial charge on any atom is -0.325 e. The second-order valence-corrected chi connectivity index (χ2v) is 9.13. The van der Waals surface area contributed by atoms with Gasteiger partial charge in [-0.05, 0) is 36.1 Å². The molecule has 1 aliphatic rings. The number of hydrogen-bond donors (Lipinski definition) is 1. The van der Waals surface area contributed by atoms with Crippen molar-refractivity contribution in [3.8, 4) is 6.07 Å². The van der Waals surface area contributed by atoms with Crippen molar-refractivity contribution in [3.63, 3.8) is 0 Å². The molecule has 144 valence electrons. The van der Waals surface area contributed by atoms with Gasteiger partial charge in [-0.2, -0.15) is 5.26 Å². The number of halogens is 2. The lowest BCUT2D eigenvalue weighted by Crippen LogP contribution is -2.28. The molecule has 0 radical (unpaired) electrons. The van der Waals surface area contributed by atoms with Crippen molar-refractivity contribution in [1.29, 1.82) is 5.26 Å². The van der Waals surface area contributed by atoms with Crippen molar-refractivity contribution in [2.24, 2.45) is 5.41 Å². The van der Waals surface area contributed by atoms with Gasteiger partial charge < -0.3 is 5.32 Å². The first-order valence-electron chi connectivity index (χ1n) is 8.53. The van der Waals surface area contributed by atoms with Crippen LogP contribution in [0.1, 0.15) is 41.9 Å². The molecule has 28 heavy (non-hydrogen) atoms. The number of ketones is 1. The number of aromatic nitrogens is 1. The molecule has 0 bridgehead atoms. The molecule has 1 N–H and O–H groups in total. The molecule has 1 aromatic carbocycles. The van der Waals surface area contributed by atoms with Crippen LogP contribution in [0.15, 0.2) is 29.3 Å². The molecule has 8 heteroatoms. The number of pyridine rings is 1. The summed E-state index contributed by atoms with van der Waals surface area (Å²) >= 11 is 13.0. The van der Waals surface area contributed by atoms with E-state index in [1.54, 1.807) is 24.3 Å². The van der Waals surface area contributed by atoms with Crippen LogP contribution in [0.3, 0.4) is 0 Å². The Morgan fingerprint density at radius 2 is 2.04 bits per heavy atom. The van der Waals surface area contributed by atoms with Gasteiger partial charge in [0.05, 0.1) is 27.1 Å².